The third-order valence-electron chi connectivity index (χ3n) is 4.54. The minimum Gasteiger partial charge on any atom is -0.444 e. The van der Waals surface area contributed by atoms with E-state index in [9.17, 15) is 22.8 Å². The SMILES string of the molecule is CC(C)(C)OC(=O)N1C[C@H]2C[C@H](C1)c1cc(C(F)(F)F)cc(=O)n1C2. The van der Waals surface area contributed by atoms with Crippen LogP contribution in [0.4, 0.5) is 18.0 Å². The summed E-state index contributed by atoms with van der Waals surface area (Å²) in [6, 6.07) is 1.69. The van der Waals surface area contributed by atoms with Crippen molar-refractivity contribution in [1.29, 1.82) is 0 Å². The summed E-state index contributed by atoms with van der Waals surface area (Å²) >= 11 is 0. The highest BCUT2D eigenvalue weighted by Gasteiger charge is 2.40. The van der Waals surface area contributed by atoms with Crippen molar-refractivity contribution >= 4 is 6.09 Å². The van der Waals surface area contributed by atoms with E-state index < -0.39 is 29.0 Å². The molecule has 3 heterocycles. The minimum absolute atomic E-state index is 0.0354. The average molecular weight is 358 g/mol. The van der Waals surface area contributed by atoms with Crippen LogP contribution >= 0.6 is 0 Å². The molecule has 0 saturated carbocycles. The van der Waals surface area contributed by atoms with Crippen molar-refractivity contribution in [2.24, 2.45) is 5.92 Å². The summed E-state index contributed by atoms with van der Waals surface area (Å²) in [5.41, 5.74) is -1.85. The Labute approximate surface area is 143 Å². The summed E-state index contributed by atoms with van der Waals surface area (Å²) in [6.07, 6.45) is -4.37. The number of hydrogen-bond donors (Lipinski definition) is 0. The molecule has 0 aromatic carbocycles. The Bertz CT molecular complexity index is 749. The van der Waals surface area contributed by atoms with Gasteiger partial charge in [-0.25, -0.2) is 4.79 Å². The predicted octanol–water partition coefficient (Wildman–Crippen LogP) is 3.22. The number of piperidine rings is 1. The highest BCUT2D eigenvalue weighted by molar-refractivity contribution is 5.68. The third-order valence-corrected chi connectivity index (χ3v) is 4.54. The fraction of sp³-hybridized carbons (Fsp3) is 0.647. The molecule has 1 fully saturated rings. The molecule has 2 atom stereocenters. The zero-order valence-corrected chi connectivity index (χ0v) is 14.4. The highest BCUT2D eigenvalue weighted by atomic mass is 19.4. The first-order valence-corrected chi connectivity index (χ1v) is 8.24. The Balaban J connectivity index is 1.90. The van der Waals surface area contributed by atoms with Gasteiger partial charge in [0.2, 0.25) is 0 Å². The monoisotopic (exact) mass is 358 g/mol. The topological polar surface area (TPSA) is 51.5 Å². The molecule has 2 bridgehead atoms. The van der Waals surface area contributed by atoms with Gasteiger partial charge in [-0.2, -0.15) is 13.2 Å². The first kappa shape index (κ1) is 17.8. The fourth-order valence-electron chi connectivity index (χ4n) is 3.60. The number of rotatable bonds is 0. The number of ether oxygens (including phenoxy) is 1. The van der Waals surface area contributed by atoms with E-state index in [4.69, 9.17) is 4.74 Å². The molecule has 2 aliphatic rings. The summed E-state index contributed by atoms with van der Waals surface area (Å²) < 4.78 is 45.8. The summed E-state index contributed by atoms with van der Waals surface area (Å²) in [4.78, 5) is 26.0. The first-order chi connectivity index (χ1) is 11.4. The van der Waals surface area contributed by atoms with Crippen LogP contribution in [-0.4, -0.2) is 34.3 Å². The van der Waals surface area contributed by atoms with Gasteiger partial charge in [-0.3, -0.25) is 4.79 Å². The van der Waals surface area contributed by atoms with Gasteiger partial charge in [0.1, 0.15) is 5.60 Å². The standard InChI is InChI=1S/C17H21F3N2O3/c1-16(2,3)25-15(24)21-7-10-4-11(9-21)13-5-12(17(18,19)20)6-14(23)22(13)8-10/h5-6,10-11H,4,7-9H2,1-3H3/t10-,11-/m1/s1. The van der Waals surface area contributed by atoms with Crippen molar-refractivity contribution in [1.82, 2.24) is 9.47 Å². The van der Waals surface area contributed by atoms with Crippen LogP contribution < -0.4 is 5.56 Å². The molecule has 8 heteroatoms. The molecule has 1 amide bonds. The molecular formula is C17H21F3N2O3. The second-order valence-corrected chi connectivity index (χ2v) is 7.80. The zero-order chi connectivity index (χ0) is 18.6. The maximum Gasteiger partial charge on any atom is 0.416 e. The van der Waals surface area contributed by atoms with Crippen LogP contribution in [0.15, 0.2) is 16.9 Å². The smallest absolute Gasteiger partial charge is 0.416 e. The molecule has 0 unspecified atom stereocenters. The second-order valence-electron chi connectivity index (χ2n) is 7.80. The van der Waals surface area contributed by atoms with E-state index in [1.165, 1.54) is 4.57 Å². The maximum atomic E-state index is 13.0. The van der Waals surface area contributed by atoms with E-state index in [0.717, 1.165) is 6.07 Å². The number of carbonyl (C=O) groups excluding carboxylic acids is 1. The maximum absolute atomic E-state index is 13.0. The van der Waals surface area contributed by atoms with E-state index >= 15 is 0 Å². The highest BCUT2D eigenvalue weighted by Crippen LogP contribution is 2.38. The van der Waals surface area contributed by atoms with Gasteiger partial charge >= 0.3 is 12.3 Å². The minimum atomic E-state index is -4.56. The van der Waals surface area contributed by atoms with Gasteiger partial charge in [-0.05, 0) is 39.2 Å². The summed E-state index contributed by atoms with van der Waals surface area (Å²) in [5.74, 6) is -0.261. The Hall–Kier alpha value is -1.99. The van der Waals surface area contributed by atoms with E-state index in [1.54, 1.807) is 25.7 Å². The molecule has 0 N–H and O–H groups in total. The van der Waals surface area contributed by atoms with Crippen molar-refractivity contribution < 1.29 is 22.7 Å². The number of pyridine rings is 1. The molecule has 3 rings (SSSR count). The van der Waals surface area contributed by atoms with Crippen LogP contribution in [0.1, 0.15) is 44.4 Å². The van der Waals surface area contributed by atoms with Crippen LogP contribution in [0.25, 0.3) is 0 Å². The summed E-state index contributed by atoms with van der Waals surface area (Å²) in [6.45, 7) is 6.31. The first-order valence-electron chi connectivity index (χ1n) is 8.24. The normalized spacial score (nSPS) is 23.2. The van der Waals surface area contributed by atoms with Crippen LogP contribution in [-0.2, 0) is 17.5 Å². The number of halogens is 3. The number of alkyl halides is 3. The zero-order valence-electron chi connectivity index (χ0n) is 14.4. The Kier molecular flexibility index (Phi) is 4.12. The van der Waals surface area contributed by atoms with Gasteiger partial charge in [-0.15, -0.1) is 0 Å². The Morgan fingerprint density at radius 1 is 1.16 bits per heavy atom. The molecule has 0 aliphatic carbocycles. The van der Waals surface area contributed by atoms with Crippen LogP contribution in [0.3, 0.4) is 0 Å². The number of aromatic nitrogens is 1. The number of fused-ring (bicyclic) bond motifs is 4. The molecule has 1 aromatic rings. The lowest BCUT2D eigenvalue weighted by Crippen LogP contribution is -2.50. The molecule has 1 aromatic heterocycles. The summed E-state index contributed by atoms with van der Waals surface area (Å²) in [7, 11) is 0. The summed E-state index contributed by atoms with van der Waals surface area (Å²) in [5, 5.41) is 0. The van der Waals surface area contributed by atoms with E-state index in [-0.39, 0.29) is 18.4 Å². The van der Waals surface area contributed by atoms with E-state index in [2.05, 4.69) is 0 Å². The molecule has 25 heavy (non-hydrogen) atoms. The molecular weight excluding hydrogens is 337 g/mol. The number of nitrogens with zero attached hydrogens (tertiary/aromatic N) is 2. The van der Waals surface area contributed by atoms with Gasteiger partial charge < -0.3 is 14.2 Å². The van der Waals surface area contributed by atoms with Crippen molar-refractivity contribution in [3.05, 3.63) is 33.7 Å². The van der Waals surface area contributed by atoms with Gasteiger partial charge in [0.25, 0.3) is 5.56 Å². The lowest BCUT2D eigenvalue weighted by Gasteiger charge is -2.43. The van der Waals surface area contributed by atoms with Crippen molar-refractivity contribution in [3.8, 4) is 0 Å². The second kappa shape index (κ2) is 5.78. The van der Waals surface area contributed by atoms with Gasteiger partial charge in [0, 0.05) is 37.3 Å². The predicted molar refractivity (Wildman–Crippen MR) is 84.4 cm³/mol. The average Bonchev–Trinajstić information content (AvgIpc) is 2.45. The quantitative estimate of drug-likeness (QED) is 0.716. The lowest BCUT2D eigenvalue weighted by molar-refractivity contribution is -0.137. The number of likely N-dealkylation sites (tertiary alicyclic amines) is 1. The number of hydrogen-bond acceptors (Lipinski definition) is 3. The van der Waals surface area contributed by atoms with Crippen molar-refractivity contribution in [2.45, 2.75) is 51.4 Å². The molecule has 2 aliphatic heterocycles. The van der Waals surface area contributed by atoms with Crippen molar-refractivity contribution in [2.75, 3.05) is 13.1 Å². The van der Waals surface area contributed by atoms with E-state index in [0.29, 0.717) is 31.3 Å². The molecule has 1 saturated heterocycles. The largest absolute Gasteiger partial charge is 0.444 e. The van der Waals surface area contributed by atoms with Gasteiger partial charge in [0.05, 0.1) is 5.56 Å². The van der Waals surface area contributed by atoms with Crippen LogP contribution in [0, 0.1) is 5.92 Å². The van der Waals surface area contributed by atoms with Crippen LogP contribution in [0.2, 0.25) is 0 Å². The lowest BCUT2D eigenvalue weighted by atomic mass is 9.83. The van der Waals surface area contributed by atoms with Gasteiger partial charge in [0.15, 0.2) is 0 Å². The fourth-order valence-corrected chi connectivity index (χ4v) is 3.60. The Morgan fingerprint density at radius 2 is 1.84 bits per heavy atom. The molecule has 138 valence electrons. The van der Waals surface area contributed by atoms with Crippen molar-refractivity contribution in [3.63, 3.8) is 0 Å². The molecule has 5 nitrogen and oxygen atoms in total. The van der Waals surface area contributed by atoms with E-state index in [1.807, 2.05) is 0 Å². The molecule has 0 radical (unpaired) electrons. The molecule has 0 spiro atoms. The van der Waals surface area contributed by atoms with Crippen LogP contribution in [0.5, 0.6) is 0 Å². The third kappa shape index (κ3) is 3.67. The Morgan fingerprint density at radius 3 is 2.44 bits per heavy atom. The number of carbonyl (C=O) groups is 1. The van der Waals surface area contributed by atoms with Gasteiger partial charge in [-0.1, -0.05) is 0 Å². The number of amides is 1.